The number of amides is 1. The Morgan fingerprint density at radius 2 is 1.71 bits per heavy atom. The minimum atomic E-state index is -0.109. The monoisotopic (exact) mass is 506 g/mol. The van der Waals surface area contributed by atoms with Gasteiger partial charge in [-0.1, -0.05) is 49.2 Å². The van der Waals surface area contributed by atoms with Gasteiger partial charge >= 0.3 is 0 Å². The van der Waals surface area contributed by atoms with E-state index in [-0.39, 0.29) is 36.8 Å². The number of piperazine rings is 1. The molecule has 2 aromatic rings. The first-order valence-corrected chi connectivity index (χ1v) is 10.8. The topological polar surface area (TPSA) is 48.5 Å². The van der Waals surface area contributed by atoms with Gasteiger partial charge in [-0.3, -0.25) is 19.6 Å². The maximum absolute atomic E-state index is 12.5. The van der Waals surface area contributed by atoms with Crippen molar-refractivity contribution < 1.29 is 4.79 Å². The molecule has 1 aromatic heterocycles. The Hall–Kier alpha value is -1.08. The summed E-state index contributed by atoms with van der Waals surface area (Å²) in [5, 5.41) is 4.35. The molecule has 1 aliphatic rings. The molecule has 1 N–H and O–H groups in total. The smallest absolute Gasteiger partial charge is 0.270 e. The van der Waals surface area contributed by atoms with Gasteiger partial charge in [-0.25, -0.2) is 0 Å². The summed E-state index contributed by atoms with van der Waals surface area (Å²) in [6, 6.07) is 11.3. The number of pyridine rings is 1. The van der Waals surface area contributed by atoms with E-state index in [1.807, 2.05) is 30.3 Å². The van der Waals surface area contributed by atoms with Gasteiger partial charge in [0.1, 0.15) is 5.69 Å². The van der Waals surface area contributed by atoms with Crippen LogP contribution in [0.4, 0.5) is 0 Å². The highest BCUT2D eigenvalue weighted by Gasteiger charge is 2.24. The molecule has 0 spiro atoms. The number of carbonyl (C=O) groups is 1. The van der Waals surface area contributed by atoms with Crippen molar-refractivity contribution in [1.29, 1.82) is 0 Å². The Balaban J connectivity index is 0.00000240. The highest BCUT2D eigenvalue weighted by Crippen LogP contribution is 2.23. The second-order valence-corrected chi connectivity index (χ2v) is 8.68. The number of hydrogen-bond acceptors (Lipinski definition) is 4. The van der Waals surface area contributed by atoms with Crippen molar-refractivity contribution in [3.8, 4) is 0 Å². The molecule has 1 aliphatic heterocycles. The van der Waals surface area contributed by atoms with Crippen molar-refractivity contribution >= 4 is 53.9 Å². The van der Waals surface area contributed by atoms with Crippen LogP contribution in [0.1, 0.15) is 29.9 Å². The van der Waals surface area contributed by atoms with Crippen LogP contribution in [0, 0.1) is 5.92 Å². The number of hydrogen-bond donors (Lipinski definition) is 1. The van der Waals surface area contributed by atoms with Crippen LogP contribution in [-0.4, -0.2) is 59.5 Å². The van der Waals surface area contributed by atoms with Crippen LogP contribution in [0.2, 0.25) is 10.0 Å². The molecule has 31 heavy (non-hydrogen) atoms. The Kier molecular flexibility index (Phi) is 12.1. The summed E-state index contributed by atoms with van der Waals surface area (Å²) in [5.41, 5.74) is 1.64. The van der Waals surface area contributed by atoms with Crippen molar-refractivity contribution in [2.45, 2.75) is 26.4 Å². The van der Waals surface area contributed by atoms with Crippen molar-refractivity contribution in [2.24, 2.45) is 5.92 Å². The molecule has 1 atom stereocenters. The van der Waals surface area contributed by atoms with Gasteiger partial charge in [-0.05, 0) is 35.7 Å². The van der Waals surface area contributed by atoms with Gasteiger partial charge in [0, 0.05) is 51.5 Å². The van der Waals surface area contributed by atoms with Crippen LogP contribution in [0.25, 0.3) is 0 Å². The van der Waals surface area contributed by atoms with E-state index in [2.05, 4.69) is 33.9 Å². The highest BCUT2D eigenvalue weighted by atomic mass is 35.5. The third-order valence-electron chi connectivity index (χ3n) is 5.33. The van der Waals surface area contributed by atoms with Crippen molar-refractivity contribution in [3.63, 3.8) is 0 Å². The van der Waals surface area contributed by atoms with Gasteiger partial charge in [0.2, 0.25) is 0 Å². The minimum Gasteiger partial charge on any atom is -0.346 e. The summed E-state index contributed by atoms with van der Waals surface area (Å²) < 4.78 is 0. The number of nitrogens with one attached hydrogen (secondary N) is 1. The van der Waals surface area contributed by atoms with E-state index >= 15 is 0 Å². The number of benzene rings is 1. The Morgan fingerprint density at radius 1 is 1.03 bits per heavy atom. The molecule has 0 saturated carbocycles. The predicted octanol–water partition coefficient (Wildman–Crippen LogP) is 4.80. The molecule has 172 valence electrons. The average molecular weight is 508 g/mol. The molecule has 0 radical (unpaired) electrons. The summed E-state index contributed by atoms with van der Waals surface area (Å²) in [5.74, 6) is 0.236. The fraction of sp³-hybridized carbons (Fsp3) is 0.455. The van der Waals surface area contributed by atoms with Crippen LogP contribution in [0.5, 0.6) is 0 Å². The van der Waals surface area contributed by atoms with Crippen LogP contribution in [-0.2, 0) is 6.54 Å². The largest absolute Gasteiger partial charge is 0.346 e. The molecule has 9 heteroatoms. The Morgan fingerprint density at radius 3 is 2.29 bits per heavy atom. The van der Waals surface area contributed by atoms with Gasteiger partial charge in [0.05, 0.1) is 10.0 Å². The van der Waals surface area contributed by atoms with Crippen LogP contribution in [0.3, 0.4) is 0 Å². The predicted molar refractivity (Wildman–Crippen MR) is 133 cm³/mol. The van der Waals surface area contributed by atoms with E-state index in [9.17, 15) is 4.79 Å². The van der Waals surface area contributed by atoms with Gasteiger partial charge in [-0.2, -0.15) is 0 Å². The zero-order chi connectivity index (χ0) is 20.8. The summed E-state index contributed by atoms with van der Waals surface area (Å²) >= 11 is 12.1. The Labute approximate surface area is 207 Å². The van der Waals surface area contributed by atoms with Crippen molar-refractivity contribution in [1.82, 2.24) is 20.1 Å². The average Bonchev–Trinajstić information content (AvgIpc) is 2.72. The summed E-state index contributed by atoms with van der Waals surface area (Å²) in [6.07, 6.45) is 1.65. The van der Waals surface area contributed by atoms with Crippen LogP contribution >= 0.6 is 48.0 Å². The van der Waals surface area contributed by atoms with E-state index in [4.69, 9.17) is 23.2 Å². The molecule has 1 amide bonds. The van der Waals surface area contributed by atoms with Crippen molar-refractivity contribution in [3.05, 3.63) is 63.9 Å². The fourth-order valence-electron chi connectivity index (χ4n) is 3.47. The fourth-order valence-corrected chi connectivity index (χ4v) is 3.79. The van der Waals surface area contributed by atoms with Crippen LogP contribution < -0.4 is 5.32 Å². The molecule has 1 saturated heterocycles. The Bertz CT molecular complexity index is 814. The lowest BCUT2D eigenvalue weighted by atomic mass is 10.0. The summed E-state index contributed by atoms with van der Waals surface area (Å²) in [7, 11) is 0. The van der Waals surface area contributed by atoms with E-state index in [1.54, 1.807) is 12.3 Å². The number of halogens is 4. The molecule has 2 heterocycles. The first kappa shape index (κ1) is 28.0. The maximum atomic E-state index is 12.5. The van der Waals surface area contributed by atoms with Gasteiger partial charge < -0.3 is 5.32 Å². The lowest BCUT2D eigenvalue weighted by Crippen LogP contribution is -2.52. The quantitative estimate of drug-likeness (QED) is 0.584. The molecule has 0 aliphatic carbocycles. The molecule has 1 fully saturated rings. The molecule has 0 unspecified atom stereocenters. The zero-order valence-electron chi connectivity index (χ0n) is 17.8. The van der Waals surface area contributed by atoms with E-state index in [1.165, 1.54) is 5.56 Å². The second kappa shape index (κ2) is 13.5. The van der Waals surface area contributed by atoms with Crippen LogP contribution in [0.15, 0.2) is 42.6 Å². The molecular weight excluding hydrogens is 478 g/mol. The lowest BCUT2D eigenvalue weighted by Gasteiger charge is -2.37. The van der Waals surface area contributed by atoms with Gasteiger partial charge in [-0.15, -0.1) is 24.8 Å². The van der Waals surface area contributed by atoms with E-state index in [0.29, 0.717) is 21.7 Å². The second-order valence-electron chi connectivity index (χ2n) is 7.86. The molecule has 0 bridgehead atoms. The normalized spacial score (nSPS) is 15.6. The third kappa shape index (κ3) is 8.41. The zero-order valence-corrected chi connectivity index (χ0v) is 20.9. The SMILES string of the molecule is CC(C)[C@H](CN1CCN(Cc2ccc(Cl)c(Cl)c2)CC1)NC(=O)c1ccccn1.Cl.Cl. The minimum absolute atomic E-state index is 0. The van der Waals surface area contributed by atoms with Crippen molar-refractivity contribution in [2.75, 3.05) is 32.7 Å². The maximum Gasteiger partial charge on any atom is 0.270 e. The molecular formula is C22H30Cl4N4O. The molecule has 5 nitrogen and oxygen atoms in total. The van der Waals surface area contributed by atoms with Gasteiger partial charge in [0.25, 0.3) is 5.91 Å². The number of nitrogens with zero attached hydrogens (tertiary/aromatic N) is 3. The first-order chi connectivity index (χ1) is 13.9. The third-order valence-corrected chi connectivity index (χ3v) is 6.07. The number of aromatic nitrogens is 1. The molecule has 1 aromatic carbocycles. The highest BCUT2D eigenvalue weighted by molar-refractivity contribution is 6.42. The lowest BCUT2D eigenvalue weighted by molar-refractivity contribution is 0.0857. The summed E-state index contributed by atoms with van der Waals surface area (Å²) in [6.45, 7) is 9.92. The van der Waals surface area contributed by atoms with E-state index in [0.717, 1.165) is 39.3 Å². The number of rotatable bonds is 7. The number of carbonyl (C=O) groups excluding carboxylic acids is 1. The van der Waals surface area contributed by atoms with E-state index < -0.39 is 0 Å². The standard InChI is InChI=1S/C22H28Cl2N4O.2ClH/c1-16(2)21(26-22(29)20-5-3-4-8-25-20)15-28-11-9-27(10-12-28)14-17-6-7-18(23)19(24)13-17;;/h3-8,13,16,21H,9-12,14-15H2,1-2H3,(H,26,29);2*1H/t21-;;/m0../s1. The first-order valence-electron chi connectivity index (χ1n) is 10.0. The van der Waals surface area contributed by atoms with Gasteiger partial charge in [0.15, 0.2) is 0 Å². The molecule has 3 rings (SSSR count). The summed E-state index contributed by atoms with van der Waals surface area (Å²) in [4.78, 5) is 21.5.